The lowest BCUT2D eigenvalue weighted by Crippen LogP contribution is -2.45. The number of benzene rings is 3. The van der Waals surface area contributed by atoms with Gasteiger partial charge < -0.3 is 68.1 Å². The first-order valence-electron chi connectivity index (χ1n) is 34.5. The molecule has 7 atom stereocenters. The molecule has 8 heterocycles. The second kappa shape index (κ2) is 35.9. The lowest BCUT2D eigenvalue weighted by atomic mass is 9.76. The fourth-order valence-corrected chi connectivity index (χ4v) is 17.4. The van der Waals surface area contributed by atoms with Crippen LogP contribution in [0.1, 0.15) is 95.6 Å². The lowest BCUT2D eigenvalue weighted by molar-refractivity contribution is -0.119. The van der Waals surface area contributed by atoms with Crippen LogP contribution in [0.3, 0.4) is 0 Å². The summed E-state index contributed by atoms with van der Waals surface area (Å²) in [5, 5.41) is 22.7. The van der Waals surface area contributed by atoms with Crippen molar-refractivity contribution < 1.29 is 75.3 Å². The molecule has 0 saturated carbocycles. The van der Waals surface area contributed by atoms with Gasteiger partial charge in [-0.2, -0.15) is 8.78 Å². The zero-order chi connectivity index (χ0) is 78.1. The van der Waals surface area contributed by atoms with Gasteiger partial charge in [0.15, 0.2) is 11.3 Å². The van der Waals surface area contributed by atoms with Crippen molar-refractivity contribution in [2.75, 3.05) is 82.3 Å². The van der Waals surface area contributed by atoms with Gasteiger partial charge >= 0.3 is 5.92 Å². The number of methoxy groups -OCH3 is 6. The summed E-state index contributed by atoms with van der Waals surface area (Å²) in [5.41, 5.74) is 4.52. The maximum Gasteiger partial charge on any atom is 0.333 e. The molecule has 12 rings (SSSR count). The molecule has 3 aromatic carbocycles. The number of aromatic nitrogens is 3. The normalized spacial score (nSPS) is 19.0. The largest absolute Gasteiger partial charge is 0.495 e. The van der Waals surface area contributed by atoms with E-state index >= 15 is 8.78 Å². The van der Waals surface area contributed by atoms with Crippen molar-refractivity contribution in [2.24, 2.45) is 17.8 Å². The van der Waals surface area contributed by atoms with Gasteiger partial charge in [0.25, 0.3) is 0 Å². The van der Waals surface area contributed by atoms with Crippen LogP contribution < -0.4 is 44.4 Å². The molecule has 3 saturated heterocycles. The van der Waals surface area contributed by atoms with Crippen molar-refractivity contribution in [3.05, 3.63) is 196 Å². The molecule has 108 heavy (non-hydrogen) atoms. The highest BCUT2D eigenvalue weighted by atomic mass is 35.5. The van der Waals surface area contributed by atoms with Crippen molar-refractivity contribution in [1.29, 1.82) is 0 Å². The van der Waals surface area contributed by atoms with Gasteiger partial charge in [0.05, 0.1) is 109 Å². The Morgan fingerprint density at radius 3 is 1.36 bits per heavy atom. The van der Waals surface area contributed by atoms with Gasteiger partial charge in [-0.1, -0.05) is 115 Å². The summed E-state index contributed by atoms with van der Waals surface area (Å²) in [6.45, 7) is 19.8. The minimum absolute atomic E-state index is 0.00663. The number of fused-ring (bicyclic) bond motifs is 3. The molecule has 1 aliphatic carbocycles. The van der Waals surface area contributed by atoms with Crippen molar-refractivity contribution in [3.63, 3.8) is 0 Å². The van der Waals surface area contributed by atoms with E-state index in [9.17, 15) is 19.5 Å². The third kappa shape index (κ3) is 18.1. The lowest BCUT2D eigenvalue weighted by Gasteiger charge is -2.31. The Hall–Kier alpha value is -7.78. The van der Waals surface area contributed by atoms with Crippen LogP contribution in [-0.4, -0.2) is 138 Å². The number of pyridine rings is 3. The van der Waals surface area contributed by atoms with E-state index in [2.05, 4.69) is 71.6 Å². The number of nitrogens with one attached hydrogen (secondary N) is 3. The number of carbonyl (C=O) groups is 3. The number of amides is 3. The van der Waals surface area contributed by atoms with Gasteiger partial charge in [0, 0.05) is 130 Å². The summed E-state index contributed by atoms with van der Waals surface area (Å²) < 4.78 is 86.7. The van der Waals surface area contributed by atoms with Gasteiger partial charge in [-0.15, -0.1) is 11.3 Å². The molecule has 3 fully saturated rings. The summed E-state index contributed by atoms with van der Waals surface area (Å²) in [7, 11) is 8.74. The average molecular weight is 1620 g/mol. The standard InChI is InChI=1S/C28H32Cl2N2O4.C26H28Cl2N2O5S.C25H24Cl2F2N2O5/c1-6-24(33)32-21-7-8-36-15-18(21)12-20-11-16-9-19(10-17(16)14-31-20)28(2,3)25-26(29)22(34-4)13-23(35-5)27(25)30;1-5-22(31)30-17-6-7-35-13-15(17)9-16-8-14-10-21(36-20(14)12-29-16)26(2,32)23-24(27)18(33-3)11-19(34-4)25(23)28;1-4-21(32)31-16-5-6-35-12-14(16)8-15-7-13-9-20(36-19(13)11-30-15)25(28,29)22-23(26)17(33-2)10-18(34-3)24(22)27/h6,9,11,13-14,18,21H,1,7-8,10,12,15H2,2-5H3,(H,32,33);5,8,10-12,15,17,32H,1,6-7,9,13H2,2-4H3,(H,30,31);4,7,9-11,14,16H,1,5-6,8,12H2,2-3H3,(H,31,32). The fourth-order valence-electron chi connectivity index (χ4n) is 13.8. The van der Waals surface area contributed by atoms with Gasteiger partial charge in [0.2, 0.25) is 17.7 Å². The van der Waals surface area contributed by atoms with Crippen LogP contribution in [0, 0.1) is 17.8 Å². The van der Waals surface area contributed by atoms with Crippen LogP contribution in [0.25, 0.3) is 27.1 Å². The van der Waals surface area contributed by atoms with Crippen LogP contribution in [-0.2, 0) is 71.2 Å². The van der Waals surface area contributed by atoms with Crippen LogP contribution in [0.4, 0.5) is 8.78 Å². The minimum atomic E-state index is -3.70. The smallest absolute Gasteiger partial charge is 0.333 e. The molecule has 0 spiro atoms. The van der Waals surface area contributed by atoms with Gasteiger partial charge in [-0.05, 0) is 117 Å². The monoisotopic (exact) mass is 1620 g/mol. The van der Waals surface area contributed by atoms with E-state index in [0.29, 0.717) is 120 Å². The quantitative estimate of drug-likeness (QED) is 0.0411. The first kappa shape index (κ1) is 82.7. The van der Waals surface area contributed by atoms with Crippen molar-refractivity contribution in [1.82, 2.24) is 30.9 Å². The molecule has 5 aromatic heterocycles. The summed E-state index contributed by atoms with van der Waals surface area (Å²) in [5.74, 6) is -3.04. The number of ether oxygens (including phenoxy) is 9. The Kier molecular flexibility index (Phi) is 27.5. The fraction of sp³-hybridized carbons (Fsp3) is 0.392. The predicted molar refractivity (Wildman–Crippen MR) is 417 cm³/mol. The molecule has 8 aromatic rings. The Bertz CT molecular complexity index is 4440. The SMILES string of the molecule is C=CC(=O)NC1CCOCC1Cc1cc2c(cn1)CC(C(C)(C)c1c(Cl)c(OC)cc(OC)c1Cl)=C2.C=CC(=O)NC1CCOCC1Cc1cc2cc(C(C)(O)c3c(Cl)c(OC)cc(OC)c3Cl)sc2cn1.C=CC(=O)NC1CCOCC1Cc1cc2cc(C(F)(F)c3c(Cl)c(OC)cc(OC)c3Cl)oc2cn1. The van der Waals surface area contributed by atoms with Crippen LogP contribution in [0.15, 0.2) is 115 Å². The third-order valence-electron chi connectivity index (χ3n) is 19.8. The topological polar surface area (TPSA) is 242 Å². The molecule has 4 N–H and O–H groups in total. The molecule has 29 heteroatoms. The molecule has 7 unspecified atom stereocenters. The zero-order valence-corrected chi connectivity index (χ0v) is 66.3. The Balaban J connectivity index is 0.000000173. The molecule has 576 valence electrons. The van der Waals surface area contributed by atoms with E-state index in [4.69, 9.17) is 122 Å². The van der Waals surface area contributed by atoms with Crippen LogP contribution in [0.5, 0.6) is 34.5 Å². The molecular formula is C79H84Cl6F2N6O14S. The second-order valence-electron chi connectivity index (χ2n) is 26.9. The number of hydrogen-bond donors (Lipinski definition) is 4. The van der Waals surface area contributed by atoms with Gasteiger partial charge in [-0.3, -0.25) is 29.3 Å². The highest BCUT2D eigenvalue weighted by Gasteiger charge is 2.45. The Morgan fingerprint density at radius 1 is 0.546 bits per heavy atom. The molecule has 3 aliphatic heterocycles. The molecule has 20 nitrogen and oxygen atoms in total. The first-order valence-corrected chi connectivity index (χ1v) is 37.6. The number of nitrogens with zero attached hydrogens (tertiary/aromatic N) is 3. The summed E-state index contributed by atoms with van der Waals surface area (Å²) in [6, 6.07) is 13.5. The van der Waals surface area contributed by atoms with Crippen LogP contribution in [0.2, 0.25) is 30.1 Å². The number of aliphatic hydroxyl groups is 1. The van der Waals surface area contributed by atoms with Crippen LogP contribution >= 0.6 is 80.9 Å². The zero-order valence-electron chi connectivity index (χ0n) is 61.0. The maximum atomic E-state index is 15.7. The predicted octanol–water partition coefficient (Wildman–Crippen LogP) is 16.2. The van der Waals surface area contributed by atoms with E-state index in [1.165, 1.54) is 81.9 Å². The number of furan rings is 1. The Labute approximate surface area is 659 Å². The third-order valence-corrected chi connectivity index (χ3v) is 23.4. The summed E-state index contributed by atoms with van der Waals surface area (Å²) >= 11 is 40.5. The highest BCUT2D eigenvalue weighted by Crippen LogP contribution is 2.54. The number of rotatable bonds is 24. The van der Waals surface area contributed by atoms with E-state index in [1.807, 2.05) is 18.3 Å². The average Bonchev–Trinajstić information content (AvgIpc) is 1.45. The van der Waals surface area contributed by atoms with Gasteiger partial charge in [-0.25, -0.2) is 0 Å². The molecule has 3 amide bonds. The number of thiophene rings is 1. The van der Waals surface area contributed by atoms with Gasteiger partial charge in [0.1, 0.15) is 40.1 Å². The van der Waals surface area contributed by atoms with E-state index in [1.54, 1.807) is 45.5 Å². The number of alkyl halides is 2. The molecule has 4 aliphatic rings. The second-order valence-corrected chi connectivity index (χ2v) is 30.3. The number of allylic oxidation sites excluding steroid dienone is 1. The minimum Gasteiger partial charge on any atom is -0.495 e. The summed E-state index contributed by atoms with van der Waals surface area (Å²) in [6.07, 6.45) is 15.9. The molecule has 0 bridgehead atoms. The molecular weight excluding hydrogens is 1540 g/mol. The maximum absolute atomic E-state index is 15.7. The van der Waals surface area contributed by atoms with E-state index in [-0.39, 0.29) is 90.8 Å². The number of carbonyl (C=O) groups excluding carboxylic acids is 3. The summed E-state index contributed by atoms with van der Waals surface area (Å²) in [4.78, 5) is 49.9. The van der Waals surface area contributed by atoms with Crippen molar-refractivity contribution >= 4 is 126 Å². The van der Waals surface area contributed by atoms with E-state index < -0.39 is 28.3 Å². The van der Waals surface area contributed by atoms with Crippen molar-refractivity contribution in [2.45, 2.75) is 101 Å². The molecule has 0 radical (unpaired) electrons. The number of halogens is 8. The first-order chi connectivity index (χ1) is 51.6. The Morgan fingerprint density at radius 2 is 0.935 bits per heavy atom. The van der Waals surface area contributed by atoms with Crippen molar-refractivity contribution in [3.8, 4) is 34.5 Å². The highest BCUT2D eigenvalue weighted by molar-refractivity contribution is 7.19. The number of hydrogen-bond acceptors (Lipinski definition) is 18. The van der Waals surface area contributed by atoms with E-state index in [0.717, 1.165) is 57.4 Å².